The van der Waals surface area contributed by atoms with Gasteiger partial charge >= 0.3 is 5.97 Å². The van der Waals surface area contributed by atoms with Crippen LogP contribution in [0, 0.1) is 0 Å². The minimum absolute atomic E-state index is 0.0775. The summed E-state index contributed by atoms with van der Waals surface area (Å²) in [6, 6.07) is 5.15. The van der Waals surface area contributed by atoms with Crippen molar-refractivity contribution >= 4 is 11.7 Å². The van der Waals surface area contributed by atoms with E-state index in [9.17, 15) is 9.90 Å². The van der Waals surface area contributed by atoms with E-state index in [1.54, 1.807) is 12.1 Å². The number of rotatable bonds is 2. The molecular formula is C10H11NO3. The van der Waals surface area contributed by atoms with E-state index in [1.807, 2.05) is 6.07 Å². The first kappa shape index (κ1) is 8.87. The molecule has 3 N–H and O–H groups in total. The van der Waals surface area contributed by atoms with Crippen molar-refractivity contribution in [1.82, 2.24) is 0 Å². The van der Waals surface area contributed by atoms with E-state index in [2.05, 4.69) is 5.32 Å². The van der Waals surface area contributed by atoms with Crippen LogP contribution in [0.5, 0.6) is 5.75 Å². The van der Waals surface area contributed by atoms with Crippen LogP contribution in [-0.4, -0.2) is 22.2 Å². The number of phenolic OH excluding ortho intramolecular Hbond substituents is 1. The topological polar surface area (TPSA) is 69.6 Å². The summed E-state index contributed by atoms with van der Waals surface area (Å²) >= 11 is 0. The maximum absolute atomic E-state index is 10.5. The molecule has 1 unspecified atom stereocenters. The number of carboxylic acids is 1. The van der Waals surface area contributed by atoms with Gasteiger partial charge in [-0.2, -0.15) is 0 Å². The minimum Gasteiger partial charge on any atom is -0.506 e. The number of hydrogen-bond acceptors (Lipinski definition) is 3. The number of hydrogen-bond donors (Lipinski definition) is 3. The fourth-order valence-electron chi connectivity index (χ4n) is 1.78. The highest BCUT2D eigenvalue weighted by Gasteiger charge is 2.24. The highest BCUT2D eigenvalue weighted by Crippen LogP contribution is 2.34. The highest BCUT2D eigenvalue weighted by molar-refractivity contribution is 5.71. The van der Waals surface area contributed by atoms with Gasteiger partial charge in [-0.3, -0.25) is 4.79 Å². The molecular weight excluding hydrogens is 182 g/mol. The Bertz CT molecular complexity index is 376. The number of phenols is 1. The molecule has 0 amide bonds. The minimum atomic E-state index is -0.824. The quantitative estimate of drug-likeness (QED) is 0.617. The normalized spacial score (nSPS) is 18.7. The van der Waals surface area contributed by atoms with Gasteiger partial charge in [-0.15, -0.1) is 0 Å². The van der Waals surface area contributed by atoms with Gasteiger partial charge in [-0.25, -0.2) is 0 Å². The van der Waals surface area contributed by atoms with Crippen LogP contribution in [-0.2, 0) is 11.2 Å². The first-order valence-electron chi connectivity index (χ1n) is 4.46. The van der Waals surface area contributed by atoms with Gasteiger partial charge in [0.15, 0.2) is 0 Å². The van der Waals surface area contributed by atoms with Gasteiger partial charge in [0.05, 0.1) is 12.1 Å². The van der Waals surface area contributed by atoms with Gasteiger partial charge in [0, 0.05) is 6.04 Å². The summed E-state index contributed by atoms with van der Waals surface area (Å²) in [6.07, 6.45) is 0.740. The molecule has 0 saturated carbocycles. The molecule has 0 spiro atoms. The van der Waals surface area contributed by atoms with Gasteiger partial charge in [-0.05, 0) is 18.1 Å². The molecule has 1 aromatic carbocycles. The third-order valence-electron chi connectivity index (χ3n) is 2.36. The zero-order chi connectivity index (χ0) is 10.1. The second kappa shape index (κ2) is 3.21. The van der Waals surface area contributed by atoms with E-state index < -0.39 is 5.97 Å². The van der Waals surface area contributed by atoms with Crippen LogP contribution < -0.4 is 5.32 Å². The predicted molar refractivity (Wildman–Crippen MR) is 51.5 cm³/mol. The summed E-state index contributed by atoms with van der Waals surface area (Å²) in [4.78, 5) is 10.5. The van der Waals surface area contributed by atoms with Gasteiger partial charge in [-0.1, -0.05) is 12.1 Å². The second-order valence-electron chi connectivity index (χ2n) is 3.45. The largest absolute Gasteiger partial charge is 0.506 e. The number of carboxylic acid groups (broad SMARTS) is 1. The molecule has 0 fully saturated rings. The molecule has 4 heteroatoms. The summed E-state index contributed by atoms with van der Waals surface area (Å²) in [5.74, 6) is -0.634. The number of fused-ring (bicyclic) bond motifs is 1. The number of carbonyl (C=O) groups is 1. The summed E-state index contributed by atoms with van der Waals surface area (Å²) in [6.45, 7) is 0. The summed E-state index contributed by atoms with van der Waals surface area (Å²) in [5, 5.41) is 21.1. The smallest absolute Gasteiger partial charge is 0.305 e. The molecule has 0 radical (unpaired) electrons. The molecule has 1 aliphatic heterocycles. The average molecular weight is 193 g/mol. The van der Waals surface area contributed by atoms with Crippen LogP contribution in [0.3, 0.4) is 0 Å². The summed E-state index contributed by atoms with van der Waals surface area (Å²) < 4.78 is 0. The lowest BCUT2D eigenvalue weighted by Crippen LogP contribution is -2.19. The molecule has 1 atom stereocenters. The zero-order valence-corrected chi connectivity index (χ0v) is 7.53. The van der Waals surface area contributed by atoms with Crippen molar-refractivity contribution in [3.05, 3.63) is 23.8 Å². The van der Waals surface area contributed by atoms with Crippen LogP contribution in [0.25, 0.3) is 0 Å². The van der Waals surface area contributed by atoms with Crippen LogP contribution >= 0.6 is 0 Å². The van der Waals surface area contributed by atoms with E-state index in [1.165, 1.54) is 0 Å². The lowest BCUT2D eigenvalue weighted by molar-refractivity contribution is -0.137. The first-order valence-corrected chi connectivity index (χ1v) is 4.46. The summed E-state index contributed by atoms with van der Waals surface area (Å²) in [7, 11) is 0. The highest BCUT2D eigenvalue weighted by atomic mass is 16.4. The standard InChI is InChI=1S/C10H11NO3/c12-8-3-1-2-6-4-7(5-9(13)14)11-10(6)8/h1-3,7,11-12H,4-5H2,(H,13,14). The number of aliphatic carboxylic acids is 1. The van der Waals surface area contributed by atoms with Crippen molar-refractivity contribution in [1.29, 1.82) is 0 Å². The van der Waals surface area contributed by atoms with E-state index >= 15 is 0 Å². The van der Waals surface area contributed by atoms with Gasteiger partial charge in [0.1, 0.15) is 5.75 Å². The SMILES string of the molecule is O=C(O)CC1Cc2cccc(O)c2N1. The number of aromatic hydroxyl groups is 1. The lowest BCUT2D eigenvalue weighted by Gasteiger charge is -2.07. The molecule has 0 bridgehead atoms. The Morgan fingerprint density at radius 3 is 3.00 bits per heavy atom. The molecule has 0 aromatic heterocycles. The molecule has 74 valence electrons. The Kier molecular flexibility index (Phi) is 2.04. The van der Waals surface area contributed by atoms with Crippen molar-refractivity contribution in [2.75, 3.05) is 5.32 Å². The Morgan fingerprint density at radius 2 is 2.36 bits per heavy atom. The number of para-hydroxylation sites is 1. The molecule has 1 heterocycles. The fourth-order valence-corrected chi connectivity index (χ4v) is 1.78. The monoisotopic (exact) mass is 193 g/mol. The van der Waals surface area contributed by atoms with Crippen LogP contribution in [0.2, 0.25) is 0 Å². The zero-order valence-electron chi connectivity index (χ0n) is 7.53. The molecule has 2 rings (SSSR count). The van der Waals surface area contributed by atoms with Crippen molar-refractivity contribution in [2.24, 2.45) is 0 Å². The summed E-state index contributed by atoms with van der Waals surface area (Å²) in [5.41, 5.74) is 1.66. The molecule has 1 aliphatic rings. The van der Waals surface area contributed by atoms with E-state index in [0.717, 1.165) is 5.56 Å². The lowest BCUT2D eigenvalue weighted by atomic mass is 10.1. The van der Waals surface area contributed by atoms with E-state index in [0.29, 0.717) is 12.1 Å². The molecule has 14 heavy (non-hydrogen) atoms. The van der Waals surface area contributed by atoms with Gasteiger partial charge < -0.3 is 15.5 Å². The van der Waals surface area contributed by atoms with Gasteiger partial charge in [0.25, 0.3) is 0 Å². The van der Waals surface area contributed by atoms with Crippen LogP contribution in [0.4, 0.5) is 5.69 Å². The van der Waals surface area contributed by atoms with Gasteiger partial charge in [0.2, 0.25) is 0 Å². The van der Waals surface area contributed by atoms with Crippen molar-refractivity contribution in [3.8, 4) is 5.75 Å². The van der Waals surface area contributed by atoms with Crippen molar-refractivity contribution in [2.45, 2.75) is 18.9 Å². The molecule has 0 saturated heterocycles. The van der Waals surface area contributed by atoms with Crippen LogP contribution in [0.15, 0.2) is 18.2 Å². The number of anilines is 1. The third-order valence-corrected chi connectivity index (χ3v) is 2.36. The fraction of sp³-hybridized carbons (Fsp3) is 0.300. The average Bonchev–Trinajstić information content (AvgIpc) is 2.47. The molecule has 1 aromatic rings. The molecule has 0 aliphatic carbocycles. The Morgan fingerprint density at radius 1 is 1.57 bits per heavy atom. The van der Waals surface area contributed by atoms with E-state index in [4.69, 9.17) is 5.11 Å². The Labute approximate surface area is 81.2 Å². The number of nitrogens with one attached hydrogen (secondary N) is 1. The number of benzene rings is 1. The van der Waals surface area contributed by atoms with E-state index in [-0.39, 0.29) is 18.2 Å². The third kappa shape index (κ3) is 1.51. The van der Waals surface area contributed by atoms with Crippen molar-refractivity contribution in [3.63, 3.8) is 0 Å². The maximum atomic E-state index is 10.5. The van der Waals surface area contributed by atoms with Crippen LogP contribution in [0.1, 0.15) is 12.0 Å². The maximum Gasteiger partial charge on any atom is 0.305 e. The van der Waals surface area contributed by atoms with Crippen molar-refractivity contribution < 1.29 is 15.0 Å². The first-order chi connectivity index (χ1) is 6.66. The molecule has 4 nitrogen and oxygen atoms in total. The second-order valence-corrected chi connectivity index (χ2v) is 3.45. The predicted octanol–water partition coefficient (Wildman–Crippen LogP) is 1.20. The Hall–Kier alpha value is -1.71. The Balaban J connectivity index is 2.18.